The predicted octanol–water partition coefficient (Wildman–Crippen LogP) is 14.2. The average Bonchev–Trinajstić information content (AvgIpc) is 3.84. The lowest BCUT2D eigenvalue weighted by Crippen LogP contribution is -2.16. The van der Waals surface area contributed by atoms with Gasteiger partial charge >= 0.3 is 0 Å². The van der Waals surface area contributed by atoms with E-state index in [1.165, 1.54) is 88.4 Å². The number of rotatable bonds is 7. The first-order chi connectivity index (χ1) is 24.5. The molecule has 9 rings (SSSR count). The van der Waals surface area contributed by atoms with E-state index in [1.807, 2.05) is 13.8 Å². The Kier molecular flexibility index (Phi) is 8.38. The second-order valence-electron chi connectivity index (χ2n) is 13.8. The van der Waals surface area contributed by atoms with Gasteiger partial charge in [0, 0.05) is 11.1 Å². The molecule has 0 bridgehead atoms. The maximum Gasteiger partial charge on any atom is 0.0310 e. The molecule has 3 aliphatic carbocycles. The van der Waals surface area contributed by atoms with E-state index in [-0.39, 0.29) is 11.1 Å². The second kappa shape index (κ2) is 13.0. The fourth-order valence-electron chi connectivity index (χ4n) is 8.42. The Balaban J connectivity index is 0.00000177. The third-order valence-electron chi connectivity index (χ3n) is 10.8. The molecule has 0 radical (unpaired) electrons. The van der Waals surface area contributed by atoms with Crippen LogP contribution in [0.4, 0.5) is 0 Å². The third kappa shape index (κ3) is 5.17. The van der Waals surface area contributed by atoms with Gasteiger partial charge in [0.15, 0.2) is 0 Å². The van der Waals surface area contributed by atoms with Crippen LogP contribution in [0.5, 0.6) is 0 Å². The number of fused-ring (bicyclic) bond motifs is 5. The van der Waals surface area contributed by atoms with Crippen molar-refractivity contribution in [3.05, 3.63) is 191 Å². The van der Waals surface area contributed by atoms with Crippen LogP contribution in [0.25, 0.3) is 55.3 Å². The van der Waals surface area contributed by atoms with E-state index < -0.39 is 0 Å². The van der Waals surface area contributed by atoms with Crippen molar-refractivity contribution in [1.82, 2.24) is 0 Å². The molecule has 0 spiro atoms. The third-order valence-corrected chi connectivity index (χ3v) is 12.4. The minimum Gasteiger partial charge on any atom is -0.0987 e. The van der Waals surface area contributed by atoms with Crippen LogP contribution < -0.4 is 0 Å². The lowest BCUT2D eigenvalue weighted by molar-refractivity contribution is 0.655. The van der Waals surface area contributed by atoms with E-state index in [1.54, 1.807) is 0 Å². The zero-order chi connectivity index (χ0) is 34.4. The fourth-order valence-corrected chi connectivity index (χ4v) is 10.1. The molecule has 2 atom stereocenters. The summed E-state index contributed by atoms with van der Waals surface area (Å²) in [5, 5.41) is 4.27. The van der Waals surface area contributed by atoms with Crippen LogP contribution in [0.1, 0.15) is 62.0 Å². The van der Waals surface area contributed by atoms with Gasteiger partial charge < -0.3 is 0 Å². The first-order valence-electron chi connectivity index (χ1n) is 18.0. The normalized spacial score (nSPS) is 15.8. The van der Waals surface area contributed by atoms with Gasteiger partial charge in [-0.2, -0.15) is 0 Å². The monoisotopic (exact) mass is 662 g/mol. The number of benzene rings is 6. The van der Waals surface area contributed by atoms with Gasteiger partial charge in [-0.1, -0.05) is 188 Å². The standard InChI is InChI=1S/C47H37P.C2H6/c1-4-41-45(44-39-21-13-20-38-36-18-11-12-19-37(36)40(43(38)39)29-42(44)47(41,2)3)46(33-24-22-32(23-25-33)30-14-7-5-8-15-30)48-35-27-26-34(28-35)31-16-9-6-10-17-31;1-2/h4-27,29,46,48H,1,28H2,2-3H3;1-2H3. The van der Waals surface area contributed by atoms with Crippen molar-refractivity contribution in [3.8, 4) is 33.4 Å². The van der Waals surface area contributed by atoms with E-state index in [2.05, 4.69) is 172 Å². The molecule has 1 heteroatoms. The number of hydrogen-bond donors (Lipinski definition) is 0. The molecule has 3 aliphatic rings. The molecule has 6 aromatic rings. The fraction of sp³-hybridized carbons (Fsp3) is 0.143. The Labute approximate surface area is 299 Å². The molecule has 0 amide bonds. The van der Waals surface area contributed by atoms with Crippen LogP contribution in [-0.2, 0) is 5.41 Å². The van der Waals surface area contributed by atoms with E-state index in [0.29, 0.717) is 8.58 Å². The molecule has 0 N–H and O–H groups in total. The van der Waals surface area contributed by atoms with Crippen LogP contribution in [0.15, 0.2) is 169 Å². The maximum absolute atomic E-state index is 4.48. The van der Waals surface area contributed by atoms with E-state index in [0.717, 1.165) is 6.42 Å². The van der Waals surface area contributed by atoms with Crippen LogP contribution in [0.2, 0.25) is 0 Å². The van der Waals surface area contributed by atoms with Crippen LogP contribution >= 0.6 is 8.58 Å². The van der Waals surface area contributed by atoms with Gasteiger partial charge in [0.1, 0.15) is 0 Å². The molecule has 0 aliphatic heterocycles. The lowest BCUT2D eigenvalue weighted by atomic mass is 9.79. The zero-order valence-electron chi connectivity index (χ0n) is 29.4. The SMILES string of the molecule is C=CC1=C(C(PC2=CC=C(c3ccccc3)C2)c2ccc(-c3ccccc3)cc2)c2c(cc3c4c(cccc24)-c2ccccc2-3)C1(C)C.CC. The van der Waals surface area contributed by atoms with Gasteiger partial charge in [0.05, 0.1) is 0 Å². The minimum atomic E-state index is -0.172. The molecule has 0 nitrogen and oxygen atoms in total. The van der Waals surface area contributed by atoms with Crippen molar-refractivity contribution in [2.45, 2.75) is 45.2 Å². The van der Waals surface area contributed by atoms with Crippen molar-refractivity contribution < 1.29 is 0 Å². The lowest BCUT2D eigenvalue weighted by Gasteiger charge is -2.25. The summed E-state index contributed by atoms with van der Waals surface area (Å²) < 4.78 is 0. The first kappa shape index (κ1) is 32.2. The molecule has 0 heterocycles. The van der Waals surface area contributed by atoms with Gasteiger partial charge in [-0.05, 0) is 101 Å². The highest BCUT2D eigenvalue weighted by Gasteiger charge is 2.42. The largest absolute Gasteiger partial charge is 0.0987 e. The van der Waals surface area contributed by atoms with Crippen LogP contribution in [-0.4, -0.2) is 0 Å². The van der Waals surface area contributed by atoms with Crippen LogP contribution in [0.3, 0.4) is 0 Å². The van der Waals surface area contributed by atoms with E-state index in [9.17, 15) is 0 Å². The molecule has 6 aromatic carbocycles. The second-order valence-corrected chi connectivity index (χ2v) is 15.3. The summed E-state index contributed by atoms with van der Waals surface area (Å²) >= 11 is 0. The van der Waals surface area contributed by atoms with Crippen molar-refractivity contribution in [3.63, 3.8) is 0 Å². The highest BCUT2D eigenvalue weighted by molar-refractivity contribution is 7.44. The average molecular weight is 663 g/mol. The summed E-state index contributed by atoms with van der Waals surface area (Å²) in [7, 11) is 0.612. The molecule has 50 heavy (non-hydrogen) atoms. The Bertz CT molecular complexity index is 2350. The molecule has 0 saturated carbocycles. The van der Waals surface area contributed by atoms with E-state index >= 15 is 0 Å². The van der Waals surface area contributed by atoms with Crippen molar-refractivity contribution in [2.75, 3.05) is 0 Å². The van der Waals surface area contributed by atoms with Crippen molar-refractivity contribution in [1.29, 1.82) is 0 Å². The Morgan fingerprint density at radius 1 is 0.640 bits per heavy atom. The van der Waals surface area contributed by atoms with Crippen molar-refractivity contribution in [2.24, 2.45) is 0 Å². The number of allylic oxidation sites excluding steroid dienone is 7. The molecule has 0 aromatic heterocycles. The summed E-state index contributed by atoms with van der Waals surface area (Å²) in [6.45, 7) is 13.3. The molecule has 0 fully saturated rings. The maximum atomic E-state index is 4.48. The smallest absolute Gasteiger partial charge is 0.0310 e. The summed E-state index contributed by atoms with van der Waals surface area (Å²) in [6, 6.07) is 49.4. The molecule has 2 unspecified atom stereocenters. The first-order valence-corrected chi connectivity index (χ1v) is 19.0. The number of hydrogen-bond acceptors (Lipinski definition) is 0. The van der Waals surface area contributed by atoms with Gasteiger partial charge in [0.2, 0.25) is 0 Å². The molecule has 0 saturated heterocycles. The summed E-state index contributed by atoms with van der Waals surface area (Å²) in [5.74, 6) is 0. The Morgan fingerprint density at radius 2 is 1.24 bits per heavy atom. The summed E-state index contributed by atoms with van der Waals surface area (Å²) in [5.41, 5.74) is 17.7. The van der Waals surface area contributed by atoms with Gasteiger partial charge in [-0.25, -0.2) is 0 Å². The predicted molar refractivity (Wildman–Crippen MR) is 220 cm³/mol. The van der Waals surface area contributed by atoms with Gasteiger partial charge in [0.25, 0.3) is 0 Å². The minimum absolute atomic E-state index is 0.172. The highest BCUT2D eigenvalue weighted by atomic mass is 31.1. The van der Waals surface area contributed by atoms with Gasteiger partial charge in [-0.15, -0.1) is 0 Å². The van der Waals surface area contributed by atoms with Crippen LogP contribution in [0, 0.1) is 0 Å². The van der Waals surface area contributed by atoms with E-state index in [4.69, 9.17) is 0 Å². The molecule has 244 valence electrons. The Hall–Kier alpha value is -5.03. The highest BCUT2D eigenvalue weighted by Crippen LogP contribution is 2.62. The topological polar surface area (TPSA) is 0 Å². The molecular formula is C49H43P. The van der Waals surface area contributed by atoms with Gasteiger partial charge in [-0.3, -0.25) is 0 Å². The quantitative estimate of drug-likeness (QED) is 0.149. The summed E-state index contributed by atoms with van der Waals surface area (Å²) in [4.78, 5) is 0. The zero-order valence-corrected chi connectivity index (χ0v) is 30.4. The molecular weight excluding hydrogens is 620 g/mol. The van der Waals surface area contributed by atoms with Crippen molar-refractivity contribution >= 4 is 30.5 Å². The summed E-state index contributed by atoms with van der Waals surface area (Å²) in [6.07, 6.45) is 7.89. The Morgan fingerprint density at radius 3 is 1.92 bits per heavy atom.